The van der Waals surface area contributed by atoms with Crippen LogP contribution >= 0.6 is 11.8 Å². The number of carbonyl (C=O) groups is 1. The van der Waals surface area contributed by atoms with Gasteiger partial charge in [0, 0.05) is 35.9 Å². The Morgan fingerprint density at radius 1 is 1.22 bits per heavy atom. The van der Waals surface area contributed by atoms with Gasteiger partial charge >= 0.3 is 0 Å². The summed E-state index contributed by atoms with van der Waals surface area (Å²) in [6.45, 7) is 5.96. The number of anilines is 2. The highest BCUT2D eigenvalue weighted by molar-refractivity contribution is 7.98. The molecule has 1 amide bonds. The molecule has 9 heteroatoms. The normalized spacial score (nSPS) is 16.1. The molecule has 0 saturated carbocycles. The van der Waals surface area contributed by atoms with Gasteiger partial charge in [-0.2, -0.15) is 0 Å². The fraction of sp³-hybridized carbons (Fsp3) is 0.321. The Morgan fingerprint density at radius 2 is 2.05 bits per heavy atom. The number of thioether (sulfide) groups is 1. The third-order valence-electron chi connectivity index (χ3n) is 6.62. The third kappa shape index (κ3) is 5.94. The Bertz CT molecular complexity index is 1330. The molecule has 1 fully saturated rings. The van der Waals surface area contributed by atoms with Gasteiger partial charge in [0.2, 0.25) is 5.91 Å². The average Bonchev–Trinajstić information content (AvgIpc) is 3.56. The summed E-state index contributed by atoms with van der Waals surface area (Å²) in [5.74, 6) is 0.964. The second-order valence-electron chi connectivity index (χ2n) is 9.32. The molecule has 192 valence electrons. The van der Waals surface area contributed by atoms with E-state index in [1.165, 1.54) is 23.9 Å². The Kier molecular flexibility index (Phi) is 7.71. The SMILES string of the molecule is CCC(C(=O)Nc1cc(NC2CCNC2)ccc1C)n1cccc2nc(SCc3ccc(F)cc3)nc1-2. The monoisotopic (exact) mass is 518 g/mol. The van der Waals surface area contributed by atoms with Crippen LogP contribution in [0.3, 0.4) is 0 Å². The Hall–Kier alpha value is -3.43. The number of nitrogens with zero attached hydrogens (tertiary/aromatic N) is 3. The first-order valence-electron chi connectivity index (χ1n) is 12.6. The van der Waals surface area contributed by atoms with Gasteiger partial charge < -0.3 is 20.5 Å². The van der Waals surface area contributed by atoms with Crippen molar-refractivity contribution in [2.45, 2.75) is 49.7 Å². The van der Waals surface area contributed by atoms with E-state index in [0.29, 0.717) is 29.2 Å². The van der Waals surface area contributed by atoms with Crippen LogP contribution in [-0.4, -0.2) is 39.6 Å². The number of fused-ring (bicyclic) bond motifs is 1. The van der Waals surface area contributed by atoms with E-state index < -0.39 is 6.04 Å². The van der Waals surface area contributed by atoms with Crippen LogP contribution in [0.4, 0.5) is 15.8 Å². The number of imidazole rings is 1. The number of aryl methyl sites for hydroxylation is 1. The highest BCUT2D eigenvalue weighted by Crippen LogP contribution is 2.30. The first-order valence-corrected chi connectivity index (χ1v) is 13.6. The molecular weight excluding hydrogens is 487 g/mol. The van der Waals surface area contributed by atoms with E-state index in [0.717, 1.165) is 47.7 Å². The minimum Gasteiger partial charge on any atom is -0.381 e. The molecule has 3 aliphatic rings. The van der Waals surface area contributed by atoms with E-state index in [4.69, 9.17) is 4.98 Å². The van der Waals surface area contributed by atoms with Crippen molar-refractivity contribution in [1.82, 2.24) is 19.9 Å². The minimum absolute atomic E-state index is 0.0914. The summed E-state index contributed by atoms with van der Waals surface area (Å²) < 4.78 is 15.1. The molecule has 37 heavy (non-hydrogen) atoms. The van der Waals surface area contributed by atoms with Crippen molar-refractivity contribution in [1.29, 1.82) is 0 Å². The topological polar surface area (TPSA) is 83.9 Å². The van der Waals surface area contributed by atoms with Crippen LogP contribution in [-0.2, 0) is 10.5 Å². The van der Waals surface area contributed by atoms with Gasteiger partial charge in [-0.25, -0.2) is 14.4 Å². The van der Waals surface area contributed by atoms with Crippen LogP contribution in [0.2, 0.25) is 0 Å². The second kappa shape index (κ2) is 11.3. The largest absolute Gasteiger partial charge is 0.381 e. The van der Waals surface area contributed by atoms with Crippen LogP contribution in [0, 0.1) is 12.7 Å². The molecule has 3 N–H and O–H groups in total. The standard InChI is InChI=1S/C28H31FN6OS/c1-3-25(27(36)32-24-15-21(11-6-18(24)2)31-22-12-13-30-16-22)35-14-4-5-23-26(35)34-28(33-23)37-17-19-7-9-20(29)10-8-19/h4-11,14-15,22,25,30-31H,3,12-13,16-17H2,1-2H3,(H,32,36). The lowest BCUT2D eigenvalue weighted by atomic mass is 10.1. The Morgan fingerprint density at radius 3 is 2.81 bits per heavy atom. The van der Waals surface area contributed by atoms with Gasteiger partial charge in [0.25, 0.3) is 0 Å². The molecule has 0 spiro atoms. The van der Waals surface area contributed by atoms with Crippen LogP contribution < -0.4 is 16.0 Å². The molecule has 2 aromatic carbocycles. The van der Waals surface area contributed by atoms with Crippen molar-refractivity contribution in [3.05, 3.63) is 77.7 Å². The van der Waals surface area contributed by atoms with Crippen molar-refractivity contribution in [3.8, 4) is 11.5 Å². The fourth-order valence-electron chi connectivity index (χ4n) is 4.55. The number of pyridine rings is 1. The number of aromatic nitrogens is 3. The predicted octanol–water partition coefficient (Wildman–Crippen LogP) is 5.49. The predicted molar refractivity (Wildman–Crippen MR) is 147 cm³/mol. The van der Waals surface area contributed by atoms with Gasteiger partial charge in [-0.15, -0.1) is 0 Å². The Labute approximate surface area is 220 Å². The summed E-state index contributed by atoms with van der Waals surface area (Å²) in [5.41, 5.74) is 4.55. The van der Waals surface area contributed by atoms with Crippen molar-refractivity contribution >= 4 is 29.0 Å². The maximum atomic E-state index is 13.5. The lowest BCUT2D eigenvalue weighted by Gasteiger charge is -2.22. The van der Waals surface area contributed by atoms with Crippen LogP contribution in [0.1, 0.15) is 36.9 Å². The van der Waals surface area contributed by atoms with Gasteiger partial charge in [-0.1, -0.05) is 36.9 Å². The van der Waals surface area contributed by atoms with Crippen molar-refractivity contribution in [2.24, 2.45) is 0 Å². The van der Waals surface area contributed by atoms with E-state index in [2.05, 4.69) is 27.0 Å². The molecule has 0 radical (unpaired) electrons. The molecule has 7 nitrogen and oxygen atoms in total. The van der Waals surface area contributed by atoms with Crippen LogP contribution in [0.25, 0.3) is 11.5 Å². The van der Waals surface area contributed by atoms with Crippen molar-refractivity contribution in [2.75, 3.05) is 23.7 Å². The van der Waals surface area contributed by atoms with E-state index in [1.807, 2.05) is 48.9 Å². The number of rotatable bonds is 9. The second-order valence-corrected chi connectivity index (χ2v) is 10.3. The van der Waals surface area contributed by atoms with Gasteiger partial charge in [-0.05, 0) is 73.8 Å². The average molecular weight is 519 g/mol. The lowest BCUT2D eigenvalue weighted by Crippen LogP contribution is -2.27. The first kappa shape index (κ1) is 25.2. The molecule has 2 atom stereocenters. The Balaban J connectivity index is 1.32. The number of nitrogens with one attached hydrogen (secondary N) is 3. The molecule has 1 saturated heterocycles. The summed E-state index contributed by atoms with van der Waals surface area (Å²) in [5, 5.41) is 10.7. The zero-order valence-corrected chi connectivity index (χ0v) is 21.8. The molecule has 0 aliphatic carbocycles. The van der Waals surface area contributed by atoms with Gasteiger partial charge in [-0.3, -0.25) is 4.79 Å². The molecular formula is C28H31FN6OS. The van der Waals surface area contributed by atoms with Crippen molar-refractivity contribution < 1.29 is 9.18 Å². The maximum absolute atomic E-state index is 13.5. The number of halogens is 1. The van der Waals surface area contributed by atoms with E-state index in [9.17, 15) is 9.18 Å². The zero-order valence-electron chi connectivity index (χ0n) is 21.0. The highest BCUT2D eigenvalue weighted by atomic mass is 32.2. The van der Waals surface area contributed by atoms with Crippen molar-refractivity contribution in [3.63, 3.8) is 0 Å². The van der Waals surface area contributed by atoms with Gasteiger partial charge in [0.15, 0.2) is 11.0 Å². The van der Waals surface area contributed by atoms with Gasteiger partial charge in [0.05, 0.1) is 0 Å². The number of hydrogen-bond donors (Lipinski definition) is 3. The van der Waals surface area contributed by atoms with E-state index in [-0.39, 0.29) is 11.7 Å². The van der Waals surface area contributed by atoms with E-state index in [1.54, 1.807) is 12.1 Å². The summed E-state index contributed by atoms with van der Waals surface area (Å²) in [7, 11) is 0. The molecule has 0 bridgehead atoms. The fourth-order valence-corrected chi connectivity index (χ4v) is 5.36. The third-order valence-corrected chi connectivity index (χ3v) is 7.54. The maximum Gasteiger partial charge on any atom is 0.247 e. The first-order chi connectivity index (χ1) is 18.0. The molecule has 2 unspecified atom stereocenters. The number of amides is 1. The molecule has 2 aromatic rings. The number of hydrogen-bond acceptors (Lipinski definition) is 6. The summed E-state index contributed by atoms with van der Waals surface area (Å²) in [4.78, 5) is 22.9. The molecule has 5 rings (SSSR count). The smallest absolute Gasteiger partial charge is 0.247 e. The lowest BCUT2D eigenvalue weighted by molar-refractivity contribution is -0.119. The van der Waals surface area contributed by atoms with Crippen LogP contribution in [0.15, 0.2) is 66.0 Å². The summed E-state index contributed by atoms with van der Waals surface area (Å²) in [6.07, 6.45) is 3.57. The van der Waals surface area contributed by atoms with E-state index >= 15 is 0 Å². The number of carbonyl (C=O) groups excluding carboxylic acids is 1. The summed E-state index contributed by atoms with van der Waals surface area (Å²) in [6, 6.07) is 16.3. The summed E-state index contributed by atoms with van der Waals surface area (Å²) >= 11 is 1.49. The molecule has 0 aromatic heterocycles. The van der Waals surface area contributed by atoms with Gasteiger partial charge in [0.1, 0.15) is 17.6 Å². The minimum atomic E-state index is -0.439. The molecule has 3 aliphatic heterocycles. The number of benzene rings is 2. The molecule has 3 heterocycles. The van der Waals surface area contributed by atoms with Crippen LogP contribution in [0.5, 0.6) is 0 Å². The quantitative estimate of drug-likeness (QED) is 0.254. The highest BCUT2D eigenvalue weighted by Gasteiger charge is 2.25. The zero-order chi connectivity index (χ0) is 25.8.